The van der Waals surface area contributed by atoms with Crippen LogP contribution in [0, 0.1) is 5.41 Å². The predicted molar refractivity (Wildman–Crippen MR) is 94.2 cm³/mol. The molecule has 0 saturated heterocycles. The van der Waals surface area contributed by atoms with Crippen LogP contribution in [0.1, 0.15) is 60.3 Å². The zero-order valence-electron chi connectivity index (χ0n) is 14.9. The van der Waals surface area contributed by atoms with E-state index in [-0.39, 0.29) is 11.2 Å². The molecule has 0 atom stereocenters. The van der Waals surface area contributed by atoms with Crippen molar-refractivity contribution in [2.75, 3.05) is 0 Å². The van der Waals surface area contributed by atoms with Crippen LogP contribution in [-0.4, -0.2) is 16.9 Å². The zero-order valence-corrected chi connectivity index (χ0v) is 14.9. The molecule has 0 unspecified atom stereocenters. The molecule has 0 spiro atoms. The SMILES string of the molecule is CC1=C(C(=O)C/C(C)=C/C=C/C(C)=C/C(=O)O)C(C)(C)CCC1. The highest BCUT2D eigenvalue weighted by Crippen LogP contribution is 2.41. The number of carbonyl (C=O) groups is 2. The molecule has 0 aliphatic heterocycles. The van der Waals surface area contributed by atoms with Gasteiger partial charge in [0, 0.05) is 12.5 Å². The first-order chi connectivity index (χ1) is 10.6. The molecule has 0 aromatic heterocycles. The molecule has 1 N–H and O–H groups in total. The van der Waals surface area contributed by atoms with Gasteiger partial charge in [-0.3, -0.25) is 4.79 Å². The van der Waals surface area contributed by atoms with Crippen molar-refractivity contribution >= 4 is 11.8 Å². The molecule has 0 bridgehead atoms. The van der Waals surface area contributed by atoms with E-state index in [4.69, 9.17) is 5.11 Å². The second-order valence-electron chi connectivity index (χ2n) is 7.09. The Balaban J connectivity index is 2.79. The van der Waals surface area contributed by atoms with Gasteiger partial charge in [-0.05, 0) is 56.6 Å². The maximum atomic E-state index is 12.7. The van der Waals surface area contributed by atoms with Gasteiger partial charge in [-0.25, -0.2) is 4.79 Å². The Labute approximate surface area is 139 Å². The number of hydrogen-bond acceptors (Lipinski definition) is 2. The van der Waals surface area contributed by atoms with Gasteiger partial charge < -0.3 is 5.11 Å². The maximum Gasteiger partial charge on any atom is 0.328 e. The van der Waals surface area contributed by atoms with Gasteiger partial charge in [0.25, 0.3) is 0 Å². The van der Waals surface area contributed by atoms with Gasteiger partial charge in [0.15, 0.2) is 5.78 Å². The van der Waals surface area contributed by atoms with Crippen molar-refractivity contribution in [1.82, 2.24) is 0 Å². The van der Waals surface area contributed by atoms with Crippen molar-refractivity contribution in [3.63, 3.8) is 0 Å². The van der Waals surface area contributed by atoms with Crippen LogP contribution in [0.5, 0.6) is 0 Å². The summed E-state index contributed by atoms with van der Waals surface area (Å²) in [5.74, 6) is -0.739. The Hall–Kier alpha value is -1.90. The van der Waals surface area contributed by atoms with Crippen molar-refractivity contribution in [2.24, 2.45) is 5.41 Å². The lowest BCUT2D eigenvalue weighted by molar-refractivity contribution is -0.131. The molecule has 0 fully saturated rings. The minimum absolute atomic E-state index is 0.0314. The van der Waals surface area contributed by atoms with Crippen LogP contribution < -0.4 is 0 Å². The minimum atomic E-state index is -0.954. The van der Waals surface area contributed by atoms with E-state index in [9.17, 15) is 9.59 Å². The van der Waals surface area contributed by atoms with Crippen LogP contribution in [-0.2, 0) is 9.59 Å². The number of Topliss-reactive ketones (excluding diaryl/α,β-unsaturated/α-hetero) is 1. The molecule has 0 heterocycles. The van der Waals surface area contributed by atoms with Crippen molar-refractivity contribution in [3.05, 3.63) is 46.6 Å². The first kappa shape index (κ1) is 19.1. The average Bonchev–Trinajstić information content (AvgIpc) is 2.35. The lowest BCUT2D eigenvalue weighted by atomic mass is 9.70. The third-order valence-corrected chi connectivity index (χ3v) is 4.27. The summed E-state index contributed by atoms with van der Waals surface area (Å²) in [7, 11) is 0. The summed E-state index contributed by atoms with van der Waals surface area (Å²) >= 11 is 0. The molecule has 1 aliphatic carbocycles. The van der Waals surface area contributed by atoms with E-state index in [1.807, 2.05) is 13.0 Å². The van der Waals surface area contributed by atoms with Crippen molar-refractivity contribution in [3.8, 4) is 0 Å². The molecule has 23 heavy (non-hydrogen) atoms. The van der Waals surface area contributed by atoms with Crippen LogP contribution in [0.4, 0.5) is 0 Å². The van der Waals surface area contributed by atoms with Gasteiger partial charge >= 0.3 is 5.97 Å². The van der Waals surface area contributed by atoms with E-state index in [1.54, 1.807) is 19.1 Å². The lowest BCUT2D eigenvalue weighted by Crippen LogP contribution is -2.26. The van der Waals surface area contributed by atoms with Gasteiger partial charge in [-0.15, -0.1) is 0 Å². The zero-order chi connectivity index (χ0) is 17.6. The topological polar surface area (TPSA) is 54.4 Å². The smallest absolute Gasteiger partial charge is 0.328 e. The van der Waals surface area contributed by atoms with E-state index < -0.39 is 5.97 Å². The summed E-state index contributed by atoms with van der Waals surface area (Å²) in [6.07, 6.45) is 10.2. The first-order valence-corrected chi connectivity index (χ1v) is 8.12. The summed E-state index contributed by atoms with van der Waals surface area (Å²) < 4.78 is 0. The molecular formula is C20H28O3. The van der Waals surface area contributed by atoms with E-state index in [0.29, 0.717) is 12.0 Å². The van der Waals surface area contributed by atoms with E-state index in [1.165, 1.54) is 5.57 Å². The number of carbonyl (C=O) groups excluding carboxylic acids is 1. The number of ketones is 1. The van der Waals surface area contributed by atoms with Crippen LogP contribution in [0.3, 0.4) is 0 Å². The molecule has 0 aromatic rings. The molecule has 0 aromatic carbocycles. The summed E-state index contributed by atoms with van der Waals surface area (Å²) in [6.45, 7) is 10.1. The molecule has 3 heteroatoms. The van der Waals surface area contributed by atoms with Crippen molar-refractivity contribution in [2.45, 2.75) is 60.3 Å². The monoisotopic (exact) mass is 316 g/mol. The average molecular weight is 316 g/mol. The Kier molecular flexibility index (Phi) is 6.74. The maximum absolute atomic E-state index is 12.7. The fourth-order valence-corrected chi connectivity index (χ4v) is 3.25. The van der Waals surface area contributed by atoms with Crippen LogP contribution in [0.25, 0.3) is 0 Å². The highest BCUT2D eigenvalue weighted by atomic mass is 16.4. The van der Waals surface area contributed by atoms with Crippen LogP contribution >= 0.6 is 0 Å². The molecular weight excluding hydrogens is 288 g/mol. The fourth-order valence-electron chi connectivity index (χ4n) is 3.25. The third-order valence-electron chi connectivity index (χ3n) is 4.27. The second kappa shape index (κ2) is 8.09. The minimum Gasteiger partial charge on any atom is -0.478 e. The van der Waals surface area contributed by atoms with Crippen molar-refractivity contribution in [1.29, 1.82) is 0 Å². The van der Waals surface area contributed by atoms with E-state index in [0.717, 1.165) is 36.5 Å². The van der Waals surface area contributed by atoms with Gasteiger partial charge in [-0.2, -0.15) is 0 Å². The molecule has 0 saturated carbocycles. The quantitative estimate of drug-likeness (QED) is 0.554. The Morgan fingerprint density at radius 1 is 1.26 bits per heavy atom. The number of aliphatic carboxylic acids is 1. The third kappa shape index (κ3) is 6.01. The fraction of sp³-hybridized carbons (Fsp3) is 0.500. The Morgan fingerprint density at radius 2 is 1.91 bits per heavy atom. The number of carboxylic acids is 1. The molecule has 1 rings (SSSR count). The summed E-state index contributed by atoms with van der Waals surface area (Å²) in [6, 6.07) is 0. The summed E-state index contributed by atoms with van der Waals surface area (Å²) in [5.41, 5.74) is 3.85. The number of carboxylic acid groups (broad SMARTS) is 1. The van der Waals surface area contributed by atoms with Crippen LogP contribution in [0.15, 0.2) is 46.6 Å². The van der Waals surface area contributed by atoms with Gasteiger partial charge in [-0.1, -0.05) is 43.2 Å². The lowest BCUT2D eigenvalue weighted by Gasteiger charge is -2.33. The van der Waals surface area contributed by atoms with Crippen LogP contribution in [0.2, 0.25) is 0 Å². The first-order valence-electron chi connectivity index (χ1n) is 8.12. The normalized spacial score (nSPS) is 19.3. The largest absolute Gasteiger partial charge is 0.478 e. The molecule has 126 valence electrons. The standard InChI is InChI=1S/C20H28O3/c1-14(8-6-9-15(2)13-18(22)23)12-17(21)19-16(3)10-7-11-20(19,4)5/h6,8-9,13H,7,10-12H2,1-5H3,(H,22,23)/b9-6+,14-8+,15-13+. The van der Waals surface area contributed by atoms with E-state index in [2.05, 4.69) is 20.8 Å². The Bertz CT molecular complexity index is 598. The summed E-state index contributed by atoms with van der Waals surface area (Å²) in [5, 5.41) is 8.65. The van der Waals surface area contributed by atoms with Gasteiger partial charge in [0.2, 0.25) is 0 Å². The molecule has 0 radical (unpaired) electrons. The molecule has 1 aliphatic rings. The highest BCUT2D eigenvalue weighted by molar-refractivity contribution is 5.98. The Morgan fingerprint density at radius 3 is 2.48 bits per heavy atom. The number of rotatable bonds is 6. The van der Waals surface area contributed by atoms with Gasteiger partial charge in [0.05, 0.1) is 0 Å². The molecule has 0 amide bonds. The number of hydrogen-bond donors (Lipinski definition) is 1. The van der Waals surface area contributed by atoms with Crippen molar-refractivity contribution < 1.29 is 14.7 Å². The van der Waals surface area contributed by atoms with E-state index >= 15 is 0 Å². The van der Waals surface area contributed by atoms with Gasteiger partial charge in [0.1, 0.15) is 0 Å². The number of allylic oxidation sites excluding steroid dienone is 7. The highest BCUT2D eigenvalue weighted by Gasteiger charge is 2.32. The molecule has 3 nitrogen and oxygen atoms in total. The summed E-state index contributed by atoms with van der Waals surface area (Å²) in [4.78, 5) is 23.2. The second-order valence-corrected chi connectivity index (χ2v) is 7.09. The predicted octanol–water partition coefficient (Wildman–Crippen LogP) is 5.01.